The molecule has 3 rings (SSSR count). The quantitative estimate of drug-likeness (QED) is 0.473. The van der Waals surface area contributed by atoms with Gasteiger partial charge in [0.1, 0.15) is 5.75 Å². The van der Waals surface area contributed by atoms with Gasteiger partial charge in [0, 0.05) is 22.4 Å². The summed E-state index contributed by atoms with van der Waals surface area (Å²) in [6.45, 7) is 8.43. The standard InChI is InChI=1S/C23H26N4O4S/c1-5-30-18-12-10-17(11-13-18)25-20(29)15-6-8-16(9-7-15)24-19(28)14-32-22-27-26-21(31-22)23(2,3)4/h6-13H,5,14H2,1-4H3,(H,24,28)(H,25,29). The number of aromatic nitrogens is 2. The van der Waals surface area contributed by atoms with E-state index in [1.165, 1.54) is 11.8 Å². The van der Waals surface area contributed by atoms with Crippen LogP contribution in [-0.4, -0.2) is 34.4 Å². The Morgan fingerprint density at radius 2 is 1.59 bits per heavy atom. The topological polar surface area (TPSA) is 106 Å². The highest BCUT2D eigenvalue weighted by atomic mass is 32.2. The van der Waals surface area contributed by atoms with Crippen LogP contribution in [0, 0.1) is 0 Å². The lowest BCUT2D eigenvalue weighted by molar-refractivity contribution is -0.113. The largest absolute Gasteiger partial charge is 0.494 e. The number of amides is 2. The van der Waals surface area contributed by atoms with Gasteiger partial charge in [-0.2, -0.15) is 0 Å². The second-order valence-electron chi connectivity index (χ2n) is 7.95. The van der Waals surface area contributed by atoms with Crippen molar-refractivity contribution in [1.82, 2.24) is 10.2 Å². The molecule has 0 aliphatic heterocycles. The zero-order valence-corrected chi connectivity index (χ0v) is 19.3. The van der Waals surface area contributed by atoms with Crippen LogP contribution in [0.1, 0.15) is 43.9 Å². The number of hydrogen-bond acceptors (Lipinski definition) is 7. The molecular weight excluding hydrogens is 428 g/mol. The first-order valence-electron chi connectivity index (χ1n) is 10.2. The van der Waals surface area contributed by atoms with E-state index in [-0.39, 0.29) is 23.0 Å². The summed E-state index contributed by atoms with van der Waals surface area (Å²) in [5, 5.41) is 13.9. The molecule has 1 heterocycles. The molecular formula is C23H26N4O4S. The molecule has 2 amide bonds. The molecule has 0 bridgehead atoms. The van der Waals surface area contributed by atoms with E-state index in [1.807, 2.05) is 27.7 Å². The lowest BCUT2D eigenvalue weighted by Crippen LogP contribution is -2.15. The van der Waals surface area contributed by atoms with Crippen molar-refractivity contribution in [2.24, 2.45) is 0 Å². The van der Waals surface area contributed by atoms with Crippen molar-refractivity contribution in [1.29, 1.82) is 0 Å². The van der Waals surface area contributed by atoms with Crippen molar-refractivity contribution in [3.05, 3.63) is 60.0 Å². The lowest BCUT2D eigenvalue weighted by atomic mass is 9.97. The molecule has 0 fully saturated rings. The van der Waals surface area contributed by atoms with Gasteiger partial charge in [0.25, 0.3) is 11.1 Å². The molecule has 0 spiro atoms. The summed E-state index contributed by atoms with van der Waals surface area (Å²) in [5.74, 6) is 0.953. The first-order chi connectivity index (χ1) is 15.2. The third kappa shape index (κ3) is 6.58. The Hall–Kier alpha value is -3.33. The molecule has 3 aromatic rings. The van der Waals surface area contributed by atoms with Gasteiger partial charge >= 0.3 is 0 Å². The van der Waals surface area contributed by atoms with Crippen LogP contribution in [0.2, 0.25) is 0 Å². The maximum atomic E-state index is 12.4. The van der Waals surface area contributed by atoms with Crippen LogP contribution < -0.4 is 15.4 Å². The minimum Gasteiger partial charge on any atom is -0.494 e. The fourth-order valence-electron chi connectivity index (χ4n) is 2.60. The second kappa shape index (κ2) is 10.3. The average Bonchev–Trinajstić information content (AvgIpc) is 3.24. The highest BCUT2D eigenvalue weighted by molar-refractivity contribution is 7.99. The molecule has 0 saturated carbocycles. The van der Waals surface area contributed by atoms with E-state index in [1.54, 1.807) is 48.5 Å². The van der Waals surface area contributed by atoms with Crippen molar-refractivity contribution in [2.45, 2.75) is 38.3 Å². The fraction of sp³-hybridized carbons (Fsp3) is 0.304. The van der Waals surface area contributed by atoms with E-state index in [2.05, 4.69) is 20.8 Å². The predicted octanol–water partition coefficient (Wildman–Crippen LogP) is 4.75. The van der Waals surface area contributed by atoms with E-state index in [9.17, 15) is 9.59 Å². The van der Waals surface area contributed by atoms with Gasteiger partial charge in [0.15, 0.2) is 0 Å². The number of anilines is 2. The van der Waals surface area contributed by atoms with Crippen molar-refractivity contribution in [3.8, 4) is 5.75 Å². The van der Waals surface area contributed by atoms with E-state index in [4.69, 9.17) is 9.15 Å². The highest BCUT2D eigenvalue weighted by Gasteiger charge is 2.21. The van der Waals surface area contributed by atoms with Gasteiger partial charge < -0.3 is 19.8 Å². The van der Waals surface area contributed by atoms with Gasteiger partial charge in [-0.1, -0.05) is 32.5 Å². The molecule has 2 N–H and O–H groups in total. The SMILES string of the molecule is CCOc1ccc(NC(=O)c2ccc(NC(=O)CSc3nnc(C(C)(C)C)o3)cc2)cc1. The Balaban J connectivity index is 1.49. The van der Waals surface area contributed by atoms with E-state index in [0.717, 1.165) is 5.75 Å². The number of thioether (sulfide) groups is 1. The summed E-state index contributed by atoms with van der Waals surface area (Å²) in [6, 6.07) is 13.8. The summed E-state index contributed by atoms with van der Waals surface area (Å²) in [6.07, 6.45) is 0. The smallest absolute Gasteiger partial charge is 0.277 e. The van der Waals surface area contributed by atoms with Crippen LogP contribution >= 0.6 is 11.8 Å². The Labute approximate surface area is 191 Å². The Bertz CT molecular complexity index is 1060. The molecule has 0 saturated heterocycles. The molecule has 0 aliphatic carbocycles. The number of ether oxygens (including phenoxy) is 1. The summed E-state index contributed by atoms with van der Waals surface area (Å²) in [5.41, 5.74) is 1.50. The second-order valence-corrected chi connectivity index (χ2v) is 8.88. The molecule has 9 heteroatoms. The fourth-order valence-corrected chi connectivity index (χ4v) is 3.17. The van der Waals surface area contributed by atoms with Crippen molar-refractivity contribution >= 4 is 35.0 Å². The average molecular weight is 455 g/mol. The van der Waals surface area contributed by atoms with Crippen molar-refractivity contribution in [3.63, 3.8) is 0 Å². The molecule has 8 nitrogen and oxygen atoms in total. The number of hydrogen-bond donors (Lipinski definition) is 2. The number of nitrogens with zero attached hydrogens (tertiary/aromatic N) is 2. The molecule has 0 unspecified atom stereocenters. The van der Waals surface area contributed by atoms with Crippen molar-refractivity contribution < 1.29 is 18.7 Å². The zero-order chi connectivity index (χ0) is 23.1. The molecule has 0 atom stereocenters. The molecule has 2 aromatic carbocycles. The number of carbonyl (C=O) groups is 2. The highest BCUT2D eigenvalue weighted by Crippen LogP contribution is 2.24. The monoisotopic (exact) mass is 454 g/mol. The third-order valence-corrected chi connectivity index (χ3v) is 5.05. The number of benzene rings is 2. The first kappa shape index (κ1) is 23.3. The number of carbonyl (C=O) groups excluding carboxylic acids is 2. The van der Waals surface area contributed by atoms with Gasteiger partial charge in [-0.05, 0) is 55.5 Å². The van der Waals surface area contributed by atoms with Crippen LogP contribution in [0.4, 0.5) is 11.4 Å². The van der Waals surface area contributed by atoms with Crippen LogP contribution in [-0.2, 0) is 10.2 Å². The Morgan fingerprint density at radius 1 is 0.969 bits per heavy atom. The molecule has 0 radical (unpaired) electrons. The molecule has 168 valence electrons. The molecule has 0 aliphatic rings. The lowest BCUT2D eigenvalue weighted by Gasteiger charge is -2.10. The first-order valence-corrected chi connectivity index (χ1v) is 11.1. The Kier molecular flexibility index (Phi) is 7.53. The normalized spacial score (nSPS) is 11.1. The van der Waals surface area contributed by atoms with Crippen LogP contribution in [0.25, 0.3) is 0 Å². The molecule has 1 aromatic heterocycles. The van der Waals surface area contributed by atoms with Crippen LogP contribution in [0.5, 0.6) is 5.75 Å². The van der Waals surface area contributed by atoms with Gasteiger partial charge in [0.05, 0.1) is 12.4 Å². The van der Waals surface area contributed by atoms with E-state index >= 15 is 0 Å². The van der Waals surface area contributed by atoms with Gasteiger partial charge in [-0.15, -0.1) is 10.2 Å². The maximum absolute atomic E-state index is 12.4. The van der Waals surface area contributed by atoms with Crippen LogP contribution in [0.15, 0.2) is 58.2 Å². The van der Waals surface area contributed by atoms with E-state index in [0.29, 0.717) is 34.7 Å². The summed E-state index contributed by atoms with van der Waals surface area (Å²) in [4.78, 5) is 24.6. The van der Waals surface area contributed by atoms with Crippen molar-refractivity contribution in [2.75, 3.05) is 23.0 Å². The van der Waals surface area contributed by atoms with Crippen LogP contribution in [0.3, 0.4) is 0 Å². The predicted molar refractivity (Wildman–Crippen MR) is 124 cm³/mol. The summed E-state index contributed by atoms with van der Waals surface area (Å²) >= 11 is 1.17. The van der Waals surface area contributed by atoms with Gasteiger partial charge in [-0.3, -0.25) is 9.59 Å². The third-order valence-electron chi connectivity index (χ3n) is 4.23. The minimum atomic E-state index is -0.242. The summed E-state index contributed by atoms with van der Waals surface area (Å²) < 4.78 is 11.0. The minimum absolute atomic E-state index is 0.131. The number of rotatable bonds is 8. The van der Waals surface area contributed by atoms with E-state index < -0.39 is 0 Å². The molecule has 32 heavy (non-hydrogen) atoms. The Morgan fingerprint density at radius 3 is 2.19 bits per heavy atom. The zero-order valence-electron chi connectivity index (χ0n) is 18.5. The number of nitrogens with one attached hydrogen (secondary N) is 2. The maximum Gasteiger partial charge on any atom is 0.277 e. The summed E-state index contributed by atoms with van der Waals surface area (Å²) in [7, 11) is 0. The van der Waals surface area contributed by atoms with Gasteiger partial charge in [0.2, 0.25) is 11.8 Å². The van der Waals surface area contributed by atoms with Gasteiger partial charge in [-0.25, -0.2) is 0 Å².